The number of nitrogens with one attached hydrogen (secondary N) is 2. The van der Waals surface area contributed by atoms with E-state index in [9.17, 15) is 8.42 Å². The summed E-state index contributed by atoms with van der Waals surface area (Å²) in [7, 11) is -2.03. The molecule has 1 aliphatic heterocycles. The van der Waals surface area contributed by atoms with Crippen molar-refractivity contribution >= 4 is 33.0 Å². The molecule has 0 saturated heterocycles. The Hall–Kier alpha value is -3.03. The van der Waals surface area contributed by atoms with Gasteiger partial charge in [0.15, 0.2) is 0 Å². The highest BCUT2D eigenvalue weighted by atomic mass is 35.5. The fourth-order valence-electron chi connectivity index (χ4n) is 3.32. The molecule has 0 spiro atoms. The Morgan fingerprint density at radius 3 is 2.43 bits per heavy atom. The summed E-state index contributed by atoms with van der Waals surface area (Å²) < 4.78 is 33.0. The van der Waals surface area contributed by atoms with Gasteiger partial charge < -0.3 is 10.2 Å². The average Bonchev–Trinajstić information content (AvgIpc) is 3.24. The van der Waals surface area contributed by atoms with Crippen LogP contribution in [-0.4, -0.2) is 21.2 Å². The third-order valence-corrected chi connectivity index (χ3v) is 6.51. The third kappa shape index (κ3) is 4.27. The molecule has 30 heavy (non-hydrogen) atoms. The normalized spacial score (nSPS) is 15.9. The Balaban J connectivity index is 1.46. The van der Waals surface area contributed by atoms with E-state index in [2.05, 4.69) is 15.2 Å². The average molecular weight is 442 g/mol. The van der Waals surface area contributed by atoms with Crippen molar-refractivity contribution in [2.24, 2.45) is 5.10 Å². The summed E-state index contributed by atoms with van der Waals surface area (Å²) >= 11 is 5.83. The van der Waals surface area contributed by atoms with Gasteiger partial charge >= 0.3 is 0 Å². The van der Waals surface area contributed by atoms with Crippen LogP contribution in [0.1, 0.15) is 23.6 Å². The second-order valence-corrected chi connectivity index (χ2v) is 8.94. The molecule has 0 radical (unpaired) electrons. The van der Waals surface area contributed by atoms with Crippen molar-refractivity contribution in [2.45, 2.75) is 17.4 Å². The minimum absolute atomic E-state index is 0.0271. The lowest BCUT2D eigenvalue weighted by atomic mass is 9.98. The zero-order valence-electron chi connectivity index (χ0n) is 16.2. The molecular weight excluding hydrogens is 422 g/mol. The smallest absolute Gasteiger partial charge is 0.261 e. The molecule has 3 aromatic rings. The van der Waals surface area contributed by atoms with Gasteiger partial charge in [-0.15, -0.1) is 0 Å². The molecule has 2 N–H and O–H groups in total. The van der Waals surface area contributed by atoms with Crippen LogP contribution in [0.4, 0.5) is 5.69 Å². The quantitative estimate of drug-likeness (QED) is 0.586. The molecule has 154 valence electrons. The van der Waals surface area contributed by atoms with Crippen LogP contribution in [0.5, 0.6) is 5.75 Å². The van der Waals surface area contributed by atoms with Crippen LogP contribution in [0.25, 0.3) is 0 Å². The number of nitrogens with zero attached hydrogens (tertiary/aromatic N) is 1. The highest BCUT2D eigenvalue weighted by Gasteiger charge is 2.24. The van der Waals surface area contributed by atoms with Gasteiger partial charge in [0.05, 0.1) is 23.8 Å². The van der Waals surface area contributed by atoms with Crippen LogP contribution in [-0.2, 0) is 10.0 Å². The number of anilines is 1. The number of rotatable bonds is 6. The number of hydrogen-bond donors (Lipinski definition) is 2. The lowest BCUT2D eigenvalue weighted by Crippen LogP contribution is -2.13. The van der Waals surface area contributed by atoms with Crippen LogP contribution in [0.2, 0.25) is 5.02 Å². The highest BCUT2D eigenvalue weighted by Crippen LogP contribution is 2.31. The molecule has 1 unspecified atom stereocenters. The fraction of sp³-hybridized carbons (Fsp3) is 0.136. The van der Waals surface area contributed by atoms with Gasteiger partial charge in [-0.3, -0.25) is 4.72 Å². The molecule has 0 bridgehead atoms. The maximum atomic E-state index is 12.5. The minimum atomic E-state index is -3.68. The topological polar surface area (TPSA) is 79.8 Å². The maximum absolute atomic E-state index is 12.5. The first-order valence-corrected chi connectivity index (χ1v) is 11.2. The molecule has 4 rings (SSSR count). The number of halogens is 1. The molecular formula is C22H20ClN3O3S. The summed E-state index contributed by atoms with van der Waals surface area (Å²) in [5.74, 6) is 0.818. The number of hydrazone groups is 1. The fourth-order valence-corrected chi connectivity index (χ4v) is 4.50. The number of sulfonamides is 1. The van der Waals surface area contributed by atoms with Crippen LogP contribution in [0, 0.1) is 0 Å². The van der Waals surface area contributed by atoms with Crippen LogP contribution in [0.3, 0.4) is 0 Å². The Bertz CT molecular complexity index is 1180. The molecule has 0 saturated carbocycles. The largest absolute Gasteiger partial charge is 0.496 e. The predicted octanol–water partition coefficient (Wildman–Crippen LogP) is 4.59. The molecule has 0 aliphatic carbocycles. The van der Waals surface area contributed by atoms with Crippen molar-refractivity contribution in [3.8, 4) is 5.75 Å². The van der Waals surface area contributed by atoms with Crippen molar-refractivity contribution in [1.29, 1.82) is 0 Å². The molecule has 1 heterocycles. The summed E-state index contributed by atoms with van der Waals surface area (Å²) in [4.78, 5) is 0.153. The number of methoxy groups -OCH3 is 1. The lowest BCUT2D eigenvalue weighted by molar-refractivity contribution is 0.402. The number of para-hydroxylation sites is 1. The highest BCUT2D eigenvalue weighted by molar-refractivity contribution is 7.92. The molecule has 0 amide bonds. The van der Waals surface area contributed by atoms with E-state index in [0.29, 0.717) is 17.1 Å². The zero-order chi connectivity index (χ0) is 21.1. The minimum Gasteiger partial charge on any atom is -0.496 e. The van der Waals surface area contributed by atoms with E-state index in [-0.39, 0.29) is 10.9 Å². The van der Waals surface area contributed by atoms with Crippen LogP contribution < -0.4 is 14.9 Å². The standard InChI is InChI=1S/C22H20ClN3O3S/c1-29-22-5-3-2-4-19(22)21-14-20(24-25-21)15-6-10-17(11-7-15)26-30(27,28)18-12-8-16(23)9-13-18/h2-13,21,25-26H,14H2,1H3. The summed E-state index contributed by atoms with van der Waals surface area (Å²) in [6.07, 6.45) is 0.705. The second-order valence-electron chi connectivity index (χ2n) is 6.82. The molecule has 3 aromatic carbocycles. The molecule has 1 atom stereocenters. The van der Waals surface area contributed by atoms with Crippen molar-refractivity contribution in [2.75, 3.05) is 11.8 Å². The van der Waals surface area contributed by atoms with Crippen molar-refractivity contribution in [3.63, 3.8) is 0 Å². The van der Waals surface area contributed by atoms with Gasteiger partial charge in [-0.2, -0.15) is 5.10 Å². The summed E-state index contributed by atoms with van der Waals surface area (Å²) in [5, 5.41) is 4.94. The Labute approximate surface area is 180 Å². The van der Waals surface area contributed by atoms with Crippen LogP contribution in [0.15, 0.2) is 82.8 Å². The number of benzene rings is 3. The molecule has 1 aliphatic rings. The van der Waals surface area contributed by atoms with Crippen molar-refractivity contribution in [3.05, 3.63) is 88.9 Å². The van der Waals surface area contributed by atoms with E-state index in [4.69, 9.17) is 16.3 Å². The van der Waals surface area contributed by atoms with Gasteiger partial charge in [0.1, 0.15) is 5.75 Å². The van der Waals surface area contributed by atoms with Gasteiger partial charge in [0.25, 0.3) is 10.0 Å². The zero-order valence-corrected chi connectivity index (χ0v) is 17.7. The SMILES string of the molecule is COc1ccccc1C1CC(c2ccc(NS(=O)(=O)c3ccc(Cl)cc3)cc2)=NN1. The second kappa shape index (κ2) is 8.38. The maximum Gasteiger partial charge on any atom is 0.261 e. The van der Waals surface area contributed by atoms with Crippen molar-refractivity contribution < 1.29 is 13.2 Å². The van der Waals surface area contributed by atoms with Gasteiger partial charge in [-0.1, -0.05) is 41.9 Å². The summed E-state index contributed by atoms with van der Waals surface area (Å²) in [6, 6.07) is 21.1. The van der Waals surface area contributed by atoms with E-state index in [1.54, 1.807) is 31.4 Å². The monoisotopic (exact) mass is 441 g/mol. The predicted molar refractivity (Wildman–Crippen MR) is 119 cm³/mol. The van der Waals surface area contributed by atoms with Crippen LogP contribution >= 0.6 is 11.6 Å². The first kappa shape index (κ1) is 20.3. The number of ether oxygens (including phenoxy) is 1. The van der Waals surface area contributed by atoms with Gasteiger partial charge in [0.2, 0.25) is 0 Å². The number of hydrogen-bond acceptors (Lipinski definition) is 5. The molecule has 0 aromatic heterocycles. The third-order valence-electron chi connectivity index (χ3n) is 4.86. The Morgan fingerprint density at radius 2 is 1.73 bits per heavy atom. The van der Waals surface area contributed by atoms with E-state index in [0.717, 1.165) is 22.6 Å². The van der Waals surface area contributed by atoms with E-state index in [1.807, 2.05) is 36.4 Å². The van der Waals surface area contributed by atoms with E-state index >= 15 is 0 Å². The van der Waals surface area contributed by atoms with E-state index in [1.165, 1.54) is 12.1 Å². The Morgan fingerprint density at radius 1 is 1.03 bits per heavy atom. The summed E-state index contributed by atoms with van der Waals surface area (Å²) in [6.45, 7) is 0. The van der Waals surface area contributed by atoms with Gasteiger partial charge in [-0.05, 0) is 48.0 Å². The van der Waals surface area contributed by atoms with Gasteiger partial charge in [0, 0.05) is 22.7 Å². The lowest BCUT2D eigenvalue weighted by Gasteiger charge is -2.14. The van der Waals surface area contributed by atoms with Gasteiger partial charge in [-0.25, -0.2) is 8.42 Å². The first-order chi connectivity index (χ1) is 14.5. The Kier molecular flexibility index (Phi) is 5.65. The molecule has 8 heteroatoms. The molecule has 0 fully saturated rings. The first-order valence-electron chi connectivity index (χ1n) is 9.30. The summed E-state index contributed by atoms with van der Waals surface area (Å²) in [5.41, 5.74) is 6.51. The molecule has 6 nitrogen and oxygen atoms in total. The van der Waals surface area contributed by atoms with Crippen molar-refractivity contribution in [1.82, 2.24) is 5.43 Å². The van der Waals surface area contributed by atoms with E-state index < -0.39 is 10.0 Å².